The number of nitrogens with zero attached hydrogens (tertiary/aromatic N) is 1. The van der Waals surface area contributed by atoms with Crippen molar-refractivity contribution in [3.8, 4) is 0 Å². The second-order valence-corrected chi connectivity index (χ2v) is 6.68. The number of nitrogens with two attached hydrogens (primary N) is 1. The maximum absolute atomic E-state index is 11.4. The molecule has 0 amide bonds. The van der Waals surface area contributed by atoms with Crippen LogP contribution in [-0.4, -0.2) is 41.1 Å². The number of rotatable bonds is 6. The maximum Gasteiger partial charge on any atom is 0.306 e. The minimum absolute atomic E-state index is 0.0134. The van der Waals surface area contributed by atoms with Crippen LogP contribution in [0.3, 0.4) is 0 Å². The van der Waals surface area contributed by atoms with Crippen molar-refractivity contribution >= 4 is 23.7 Å². The molecule has 3 N–H and O–H groups in total. The van der Waals surface area contributed by atoms with Crippen LogP contribution in [-0.2, 0) is 9.53 Å². The van der Waals surface area contributed by atoms with Crippen molar-refractivity contribution in [3.05, 3.63) is 0 Å². The van der Waals surface area contributed by atoms with E-state index in [1.54, 1.807) is 0 Å². The number of nitrogens with one attached hydrogen (secondary N) is 1. The number of hydrogen-bond acceptors (Lipinski definition) is 6. The molecule has 0 aromatic rings. The summed E-state index contributed by atoms with van der Waals surface area (Å²) >= 11 is 1.96. The molecule has 3 unspecified atom stereocenters. The third-order valence-corrected chi connectivity index (χ3v) is 4.89. The van der Waals surface area contributed by atoms with Crippen molar-refractivity contribution in [3.63, 3.8) is 0 Å². The zero-order chi connectivity index (χ0) is 13.8. The average Bonchev–Trinajstić information content (AvgIpc) is 2.83. The van der Waals surface area contributed by atoms with Gasteiger partial charge >= 0.3 is 5.97 Å². The van der Waals surface area contributed by atoms with Gasteiger partial charge in [0.2, 0.25) is 0 Å². The van der Waals surface area contributed by atoms with Gasteiger partial charge in [0.05, 0.1) is 18.2 Å². The Hall–Kier alpha value is -0.910. The van der Waals surface area contributed by atoms with Gasteiger partial charge in [-0.2, -0.15) is 11.8 Å². The first kappa shape index (κ1) is 14.5. The van der Waals surface area contributed by atoms with Gasteiger partial charge in [-0.15, -0.1) is 0 Å². The zero-order valence-corrected chi connectivity index (χ0v) is 12.4. The van der Waals surface area contributed by atoms with Crippen LogP contribution in [0.5, 0.6) is 0 Å². The lowest BCUT2D eigenvalue weighted by molar-refractivity contribution is -0.147. The summed E-state index contributed by atoms with van der Waals surface area (Å²) in [5.41, 5.74) is 5.70. The Morgan fingerprint density at radius 3 is 3.11 bits per heavy atom. The number of fused-ring (bicyclic) bond motifs is 1. The second-order valence-electron chi connectivity index (χ2n) is 5.41. The Morgan fingerprint density at radius 2 is 2.37 bits per heavy atom. The summed E-state index contributed by atoms with van der Waals surface area (Å²) in [5, 5.41) is 3.75. The Bertz CT molecular complexity index is 360. The minimum atomic E-state index is -0.0863. The van der Waals surface area contributed by atoms with Crippen LogP contribution in [0.1, 0.15) is 39.5 Å². The first-order valence-corrected chi connectivity index (χ1v) is 8.02. The van der Waals surface area contributed by atoms with E-state index in [2.05, 4.69) is 10.3 Å². The van der Waals surface area contributed by atoms with Gasteiger partial charge in [-0.05, 0) is 26.7 Å². The quantitative estimate of drug-likeness (QED) is 0.568. The van der Waals surface area contributed by atoms with Crippen LogP contribution in [0, 0.1) is 0 Å². The first-order chi connectivity index (χ1) is 9.06. The van der Waals surface area contributed by atoms with Gasteiger partial charge in [0, 0.05) is 17.4 Å². The zero-order valence-electron chi connectivity index (χ0n) is 11.6. The van der Waals surface area contributed by atoms with Gasteiger partial charge in [-0.1, -0.05) is 6.42 Å². The number of guanidine groups is 1. The smallest absolute Gasteiger partial charge is 0.306 e. The van der Waals surface area contributed by atoms with E-state index in [4.69, 9.17) is 10.5 Å². The van der Waals surface area contributed by atoms with Crippen molar-refractivity contribution in [1.29, 1.82) is 0 Å². The number of esters is 1. The highest BCUT2D eigenvalue weighted by molar-refractivity contribution is 8.00. The molecule has 2 aliphatic heterocycles. The molecule has 0 aromatic heterocycles. The van der Waals surface area contributed by atoms with E-state index in [1.165, 1.54) is 0 Å². The van der Waals surface area contributed by atoms with Crippen molar-refractivity contribution < 1.29 is 9.53 Å². The van der Waals surface area contributed by atoms with Gasteiger partial charge < -0.3 is 15.8 Å². The highest BCUT2D eigenvalue weighted by Crippen LogP contribution is 2.35. The number of unbranched alkanes of at least 4 members (excludes halogenated alkanes) is 1. The highest BCUT2D eigenvalue weighted by atomic mass is 32.2. The van der Waals surface area contributed by atoms with Crippen molar-refractivity contribution in [2.75, 3.05) is 5.75 Å². The lowest BCUT2D eigenvalue weighted by Crippen LogP contribution is -2.38. The monoisotopic (exact) mass is 285 g/mol. The van der Waals surface area contributed by atoms with Crippen LogP contribution in [0.15, 0.2) is 4.99 Å². The normalized spacial score (nSPS) is 29.0. The van der Waals surface area contributed by atoms with E-state index in [-0.39, 0.29) is 12.1 Å². The van der Waals surface area contributed by atoms with Crippen molar-refractivity contribution in [1.82, 2.24) is 5.32 Å². The molecule has 0 saturated carbocycles. The molecule has 5 nitrogen and oxygen atoms in total. The Labute approximate surface area is 118 Å². The average molecular weight is 285 g/mol. The molecule has 3 atom stereocenters. The highest BCUT2D eigenvalue weighted by Gasteiger charge is 2.39. The summed E-state index contributed by atoms with van der Waals surface area (Å²) in [5.74, 6) is 1.58. The minimum Gasteiger partial charge on any atom is -0.463 e. The first-order valence-electron chi connectivity index (χ1n) is 6.97. The van der Waals surface area contributed by atoms with E-state index in [9.17, 15) is 4.79 Å². The Kier molecular flexibility index (Phi) is 4.96. The van der Waals surface area contributed by atoms with Gasteiger partial charge in [-0.25, -0.2) is 4.99 Å². The molecule has 108 valence electrons. The molecule has 0 aliphatic carbocycles. The van der Waals surface area contributed by atoms with Gasteiger partial charge in [0.1, 0.15) is 0 Å². The topological polar surface area (TPSA) is 76.7 Å². The van der Waals surface area contributed by atoms with Crippen LogP contribution in [0.4, 0.5) is 0 Å². The molecule has 1 saturated heterocycles. The third-order valence-electron chi connectivity index (χ3n) is 3.39. The summed E-state index contributed by atoms with van der Waals surface area (Å²) in [6.07, 6.45) is 3.54. The molecule has 19 heavy (non-hydrogen) atoms. The Balaban J connectivity index is 1.63. The standard InChI is InChI=1S/C13H23N3O2S/c1-8(2)18-11(17)6-4-3-5-10-12-9(7-19-10)15-13(14)16-12/h8-10,12H,3-7H2,1-2H3,(H3,14,15,16). The maximum atomic E-state index is 11.4. The third kappa shape index (κ3) is 4.03. The summed E-state index contributed by atoms with van der Waals surface area (Å²) < 4.78 is 5.11. The molecule has 1 fully saturated rings. The summed E-state index contributed by atoms with van der Waals surface area (Å²) in [6, 6.07) is 0.744. The van der Waals surface area contributed by atoms with E-state index in [1.807, 2.05) is 25.6 Å². The number of carbonyl (C=O) groups excluding carboxylic acids is 1. The predicted molar refractivity (Wildman–Crippen MR) is 78.3 cm³/mol. The molecule has 0 aromatic carbocycles. The number of aliphatic imine (C=N–C) groups is 1. The van der Waals surface area contributed by atoms with Crippen LogP contribution in [0.2, 0.25) is 0 Å². The van der Waals surface area contributed by atoms with Crippen molar-refractivity contribution in [2.45, 2.75) is 63.0 Å². The van der Waals surface area contributed by atoms with Gasteiger partial charge in [0.15, 0.2) is 5.96 Å². The fourth-order valence-corrected chi connectivity index (χ4v) is 4.08. The van der Waals surface area contributed by atoms with Gasteiger partial charge in [-0.3, -0.25) is 4.79 Å². The fourth-order valence-electron chi connectivity index (χ4n) is 2.56. The van der Waals surface area contributed by atoms with Crippen LogP contribution in [0.25, 0.3) is 0 Å². The number of carbonyl (C=O) groups is 1. The molecule has 0 radical (unpaired) electrons. The molecule has 2 heterocycles. The molecule has 0 bridgehead atoms. The molecular formula is C13H23N3O2S. The number of thioether (sulfide) groups is 1. The molecular weight excluding hydrogens is 262 g/mol. The number of ether oxygens (including phenoxy) is 1. The second kappa shape index (κ2) is 6.50. The molecule has 2 rings (SSSR count). The molecule has 6 heteroatoms. The van der Waals surface area contributed by atoms with Crippen LogP contribution >= 0.6 is 11.8 Å². The molecule has 0 spiro atoms. The summed E-state index contributed by atoms with van der Waals surface area (Å²) in [7, 11) is 0. The largest absolute Gasteiger partial charge is 0.463 e. The van der Waals surface area contributed by atoms with E-state index < -0.39 is 0 Å². The number of hydrogen-bond donors (Lipinski definition) is 2. The lowest BCUT2D eigenvalue weighted by atomic mass is 10.0. The summed E-state index contributed by atoms with van der Waals surface area (Å²) in [4.78, 5) is 15.9. The SMILES string of the molecule is CC(C)OC(=O)CCCCC1SCC2NC(N)=NC21. The predicted octanol–water partition coefficient (Wildman–Crippen LogP) is 1.27. The Morgan fingerprint density at radius 1 is 1.58 bits per heavy atom. The van der Waals surface area contributed by atoms with Crippen LogP contribution < -0.4 is 11.1 Å². The van der Waals surface area contributed by atoms with Crippen molar-refractivity contribution in [2.24, 2.45) is 10.7 Å². The van der Waals surface area contributed by atoms with Gasteiger partial charge in [0.25, 0.3) is 0 Å². The lowest BCUT2D eigenvalue weighted by Gasteiger charge is -2.14. The van der Waals surface area contributed by atoms with E-state index in [0.29, 0.717) is 29.7 Å². The summed E-state index contributed by atoms with van der Waals surface area (Å²) in [6.45, 7) is 3.76. The van der Waals surface area contributed by atoms with E-state index >= 15 is 0 Å². The fraction of sp³-hybridized carbons (Fsp3) is 0.846. The molecule has 2 aliphatic rings. The van der Waals surface area contributed by atoms with E-state index in [0.717, 1.165) is 25.0 Å².